The summed E-state index contributed by atoms with van der Waals surface area (Å²) in [5.74, 6) is 0.276. The maximum atomic E-state index is 15.1. The van der Waals surface area contributed by atoms with Crippen LogP contribution in [0.4, 0.5) is 10.1 Å². The quantitative estimate of drug-likeness (QED) is 0.316. The Balaban J connectivity index is 0. The summed E-state index contributed by atoms with van der Waals surface area (Å²) in [7, 11) is 1.75. The van der Waals surface area contributed by atoms with Gasteiger partial charge in [0.25, 0.3) is 0 Å². The number of rotatable bonds is 7. The normalized spacial score (nSPS) is 15.7. The Morgan fingerprint density at radius 2 is 1.79 bits per heavy atom. The van der Waals surface area contributed by atoms with Crippen LogP contribution in [-0.4, -0.2) is 32.1 Å². The number of hydrogen-bond donors (Lipinski definition) is 1. The van der Waals surface area contributed by atoms with Crippen LogP contribution in [0, 0.1) is 11.7 Å². The van der Waals surface area contributed by atoms with Crippen molar-refractivity contribution >= 4 is 29.3 Å². The van der Waals surface area contributed by atoms with Crippen LogP contribution < -0.4 is 5.32 Å². The summed E-state index contributed by atoms with van der Waals surface area (Å²) >= 11 is 0. The molecule has 1 aliphatic rings. The van der Waals surface area contributed by atoms with Gasteiger partial charge >= 0.3 is 0 Å². The maximum absolute atomic E-state index is 15.1. The third-order valence-corrected chi connectivity index (χ3v) is 5.57. The fourth-order valence-corrected chi connectivity index (χ4v) is 3.46. The monoisotopic (exact) mass is 467 g/mol. The molecule has 1 fully saturated rings. The standard InChI is InChI=1S/C24H31FN2.C5H9N.CH4.H2/c1-6-19(9-8-17(3)4)21-15-23(25)22(24(16-21)27-7-2)14-18(5)20-10-12-26-13-11-20;1-4-5(2)6-3;;/h6-9,14-16,20,26H,3,10-13H2,1-2,4-5H3;4H,1H2,2-3H3;1H4;1H/b9-8-,18-14+,19-6+,27-7?;;;. The van der Waals surface area contributed by atoms with Gasteiger partial charge in [-0.3, -0.25) is 9.98 Å². The molecule has 188 valence electrons. The summed E-state index contributed by atoms with van der Waals surface area (Å²) in [5.41, 5.74) is 6.19. The van der Waals surface area contributed by atoms with Crippen molar-refractivity contribution in [3.05, 3.63) is 77.7 Å². The first-order valence-corrected chi connectivity index (χ1v) is 11.5. The Kier molecular flexibility index (Phi) is 15.3. The summed E-state index contributed by atoms with van der Waals surface area (Å²) in [6.07, 6.45) is 13.5. The number of allylic oxidation sites excluding steroid dienone is 7. The molecule has 0 atom stereocenters. The zero-order valence-corrected chi connectivity index (χ0v) is 21.2. The van der Waals surface area contributed by atoms with Crippen molar-refractivity contribution in [1.82, 2.24) is 5.32 Å². The van der Waals surface area contributed by atoms with Gasteiger partial charge in [0.2, 0.25) is 0 Å². The molecule has 0 aliphatic carbocycles. The molecule has 3 nitrogen and oxygen atoms in total. The van der Waals surface area contributed by atoms with Crippen molar-refractivity contribution in [2.75, 3.05) is 20.1 Å². The Morgan fingerprint density at radius 3 is 2.26 bits per heavy atom. The van der Waals surface area contributed by atoms with Gasteiger partial charge in [-0.25, -0.2) is 4.39 Å². The molecule has 0 unspecified atom stereocenters. The van der Waals surface area contributed by atoms with Gasteiger partial charge in [-0.1, -0.05) is 56.0 Å². The van der Waals surface area contributed by atoms with Crippen molar-refractivity contribution in [2.24, 2.45) is 15.9 Å². The van der Waals surface area contributed by atoms with Crippen LogP contribution in [0.25, 0.3) is 11.6 Å². The number of aliphatic imine (C=N–C) groups is 2. The average Bonchev–Trinajstić information content (AvgIpc) is 2.82. The lowest BCUT2D eigenvalue weighted by molar-refractivity contribution is 0.421. The van der Waals surface area contributed by atoms with Crippen molar-refractivity contribution < 1.29 is 5.82 Å². The average molecular weight is 468 g/mol. The number of halogens is 1. The van der Waals surface area contributed by atoms with E-state index >= 15 is 4.39 Å². The van der Waals surface area contributed by atoms with Gasteiger partial charge < -0.3 is 5.32 Å². The first-order valence-electron chi connectivity index (χ1n) is 11.5. The van der Waals surface area contributed by atoms with Gasteiger partial charge in [-0.15, -0.1) is 0 Å². The van der Waals surface area contributed by atoms with E-state index in [4.69, 9.17) is 0 Å². The Morgan fingerprint density at radius 1 is 1.15 bits per heavy atom. The fraction of sp³-hybridized carbons (Fsp3) is 0.400. The van der Waals surface area contributed by atoms with Crippen LogP contribution in [0.2, 0.25) is 0 Å². The zero-order valence-electron chi connectivity index (χ0n) is 21.2. The molecule has 1 aromatic rings. The van der Waals surface area contributed by atoms with Gasteiger partial charge in [0, 0.05) is 26.0 Å². The second kappa shape index (κ2) is 16.7. The van der Waals surface area contributed by atoms with E-state index in [1.165, 1.54) is 5.57 Å². The molecule has 4 heteroatoms. The molecule has 1 saturated heterocycles. The van der Waals surface area contributed by atoms with Crippen LogP contribution in [0.3, 0.4) is 0 Å². The van der Waals surface area contributed by atoms with Gasteiger partial charge in [-0.05, 0) is 95.8 Å². The predicted molar refractivity (Wildman–Crippen MR) is 155 cm³/mol. The number of nitrogens with one attached hydrogen (secondary N) is 1. The first-order chi connectivity index (χ1) is 15.8. The van der Waals surface area contributed by atoms with Crippen LogP contribution in [0.5, 0.6) is 0 Å². The van der Waals surface area contributed by atoms with Crippen LogP contribution in [-0.2, 0) is 0 Å². The van der Waals surface area contributed by atoms with E-state index in [2.05, 4.69) is 35.4 Å². The minimum atomic E-state index is -0.232. The molecule has 1 aromatic carbocycles. The molecular weight excluding hydrogens is 421 g/mol. The number of benzene rings is 1. The number of hydrogen-bond acceptors (Lipinski definition) is 3. The predicted octanol–water partition coefficient (Wildman–Crippen LogP) is 8.63. The lowest BCUT2D eigenvalue weighted by atomic mass is 9.89. The van der Waals surface area contributed by atoms with Crippen LogP contribution in [0.1, 0.15) is 67.4 Å². The Bertz CT molecular complexity index is 962. The van der Waals surface area contributed by atoms with Crippen molar-refractivity contribution in [2.45, 2.75) is 54.9 Å². The summed E-state index contributed by atoms with van der Waals surface area (Å²) in [4.78, 5) is 8.25. The molecule has 0 spiro atoms. The van der Waals surface area contributed by atoms with E-state index in [1.807, 2.05) is 58.1 Å². The molecular formula is C30H46FN3. The molecule has 0 bridgehead atoms. The molecule has 0 aromatic heterocycles. The van der Waals surface area contributed by atoms with Gasteiger partial charge in [-0.2, -0.15) is 0 Å². The lowest BCUT2D eigenvalue weighted by Gasteiger charge is -2.23. The van der Waals surface area contributed by atoms with Crippen LogP contribution >= 0.6 is 0 Å². The highest BCUT2D eigenvalue weighted by molar-refractivity contribution is 5.92. The Labute approximate surface area is 209 Å². The highest BCUT2D eigenvalue weighted by Crippen LogP contribution is 2.32. The molecule has 1 aliphatic heterocycles. The minimum Gasteiger partial charge on any atom is -0.317 e. The van der Waals surface area contributed by atoms with Gasteiger partial charge in [0.05, 0.1) is 5.69 Å². The highest BCUT2D eigenvalue weighted by atomic mass is 19.1. The SMILES string of the molecule is C.C=C(C)/C=C\C(=C/C)c1cc(F)c(/C=C(\C)C2CCNCC2)c(N=CC)c1.C=CC(C)=NC.[HH]. The van der Waals surface area contributed by atoms with E-state index in [0.717, 1.165) is 48.4 Å². The molecule has 0 radical (unpaired) electrons. The third-order valence-electron chi connectivity index (χ3n) is 5.57. The molecule has 2 rings (SSSR count). The van der Waals surface area contributed by atoms with Gasteiger partial charge in [0.15, 0.2) is 0 Å². The number of piperidine rings is 1. The van der Waals surface area contributed by atoms with E-state index in [-0.39, 0.29) is 14.7 Å². The molecule has 1 heterocycles. The minimum absolute atomic E-state index is 0. The molecule has 0 saturated carbocycles. The zero-order chi connectivity index (χ0) is 24.8. The lowest BCUT2D eigenvalue weighted by Crippen LogP contribution is -2.28. The molecule has 34 heavy (non-hydrogen) atoms. The third kappa shape index (κ3) is 10.4. The summed E-state index contributed by atoms with van der Waals surface area (Å²) in [5, 5.41) is 3.38. The maximum Gasteiger partial charge on any atom is 0.133 e. The van der Waals surface area contributed by atoms with E-state index in [9.17, 15) is 0 Å². The van der Waals surface area contributed by atoms with Crippen molar-refractivity contribution in [3.63, 3.8) is 0 Å². The summed E-state index contributed by atoms with van der Waals surface area (Å²) in [6, 6.07) is 3.57. The van der Waals surface area contributed by atoms with E-state index < -0.39 is 0 Å². The second-order valence-corrected chi connectivity index (χ2v) is 8.18. The molecule has 1 N–H and O–H groups in total. The van der Waals surface area contributed by atoms with Crippen molar-refractivity contribution in [1.29, 1.82) is 0 Å². The number of nitrogens with zero attached hydrogens (tertiary/aromatic N) is 2. The van der Waals surface area contributed by atoms with Crippen LogP contribution in [0.15, 0.2) is 70.7 Å². The first kappa shape index (κ1) is 31.1. The van der Waals surface area contributed by atoms with E-state index in [0.29, 0.717) is 17.2 Å². The highest BCUT2D eigenvalue weighted by Gasteiger charge is 2.17. The van der Waals surface area contributed by atoms with Crippen molar-refractivity contribution in [3.8, 4) is 0 Å². The van der Waals surface area contributed by atoms with Gasteiger partial charge in [0.1, 0.15) is 5.82 Å². The fourth-order valence-electron chi connectivity index (χ4n) is 3.46. The molecule has 0 amide bonds. The van der Waals surface area contributed by atoms with E-state index in [1.54, 1.807) is 25.4 Å². The largest absolute Gasteiger partial charge is 0.317 e. The second-order valence-electron chi connectivity index (χ2n) is 8.18. The smallest absolute Gasteiger partial charge is 0.133 e. The summed E-state index contributed by atoms with van der Waals surface area (Å²) < 4.78 is 15.1. The topological polar surface area (TPSA) is 36.8 Å². The summed E-state index contributed by atoms with van der Waals surface area (Å²) in [6.45, 7) is 19.2. The Hall–Kier alpha value is -2.85.